The third-order valence-electron chi connectivity index (χ3n) is 3.63. The number of hydrogen-bond donors (Lipinski definition) is 3. The van der Waals surface area contributed by atoms with Gasteiger partial charge in [-0.1, -0.05) is 0 Å². The third kappa shape index (κ3) is 6.22. The first-order valence-corrected chi connectivity index (χ1v) is 6.53. The minimum Gasteiger partial charge on any atom is -0.351 e. The van der Waals surface area contributed by atoms with Gasteiger partial charge >= 0.3 is 6.03 Å². The van der Waals surface area contributed by atoms with Crippen LogP contribution in [0.1, 0.15) is 26.2 Å². The lowest BCUT2D eigenvalue weighted by atomic mass is 9.93. The maximum Gasteiger partial charge on any atom is 0.318 e. The topological polar surface area (TPSA) is 87.5 Å². The molecule has 1 heterocycles. The zero-order valence-corrected chi connectivity index (χ0v) is 12.5. The number of imide groups is 1. The molecule has 1 aliphatic rings. The van der Waals surface area contributed by atoms with Gasteiger partial charge in [-0.2, -0.15) is 0 Å². The number of halogens is 1. The monoisotopic (exact) mass is 292 g/mol. The molecule has 1 atom stereocenters. The molecule has 0 bridgehead atoms. The van der Waals surface area contributed by atoms with Crippen LogP contribution in [-0.4, -0.2) is 49.6 Å². The van der Waals surface area contributed by atoms with Gasteiger partial charge in [-0.15, -0.1) is 12.4 Å². The Balaban J connectivity index is 0.00000324. The molecule has 0 saturated carbocycles. The number of rotatable bonds is 5. The maximum absolute atomic E-state index is 11.6. The summed E-state index contributed by atoms with van der Waals surface area (Å²) >= 11 is 0. The summed E-state index contributed by atoms with van der Waals surface area (Å²) in [5.41, 5.74) is 4.94. The molecule has 0 radical (unpaired) electrons. The van der Waals surface area contributed by atoms with Gasteiger partial charge < -0.3 is 11.1 Å². The van der Waals surface area contributed by atoms with Crippen molar-refractivity contribution in [3.05, 3.63) is 0 Å². The number of hydrogen-bond acceptors (Lipinski definition) is 4. The molecular formula is C12H25ClN4O2. The first-order chi connectivity index (χ1) is 8.54. The molecular weight excluding hydrogens is 268 g/mol. The van der Waals surface area contributed by atoms with E-state index in [0.717, 1.165) is 38.4 Å². The van der Waals surface area contributed by atoms with Crippen LogP contribution in [0.3, 0.4) is 0 Å². The molecule has 0 aromatic carbocycles. The fraction of sp³-hybridized carbons (Fsp3) is 0.833. The zero-order valence-electron chi connectivity index (χ0n) is 11.6. The van der Waals surface area contributed by atoms with E-state index in [4.69, 9.17) is 5.73 Å². The molecule has 1 saturated heterocycles. The Morgan fingerprint density at radius 3 is 2.42 bits per heavy atom. The van der Waals surface area contributed by atoms with Gasteiger partial charge in [-0.3, -0.25) is 15.0 Å². The highest BCUT2D eigenvalue weighted by Gasteiger charge is 2.26. The molecule has 4 N–H and O–H groups in total. The van der Waals surface area contributed by atoms with Gasteiger partial charge in [0, 0.05) is 0 Å². The summed E-state index contributed by atoms with van der Waals surface area (Å²) in [7, 11) is 1.96. The van der Waals surface area contributed by atoms with Gasteiger partial charge in [0.05, 0.1) is 6.04 Å². The van der Waals surface area contributed by atoms with Crippen molar-refractivity contribution in [1.29, 1.82) is 0 Å². The van der Waals surface area contributed by atoms with Crippen molar-refractivity contribution in [3.63, 3.8) is 0 Å². The average Bonchev–Trinajstić information content (AvgIpc) is 2.35. The highest BCUT2D eigenvalue weighted by molar-refractivity contribution is 5.96. The van der Waals surface area contributed by atoms with Crippen LogP contribution in [0.5, 0.6) is 0 Å². The molecule has 1 fully saturated rings. The van der Waals surface area contributed by atoms with Crippen molar-refractivity contribution in [2.24, 2.45) is 11.7 Å². The van der Waals surface area contributed by atoms with E-state index in [9.17, 15) is 9.59 Å². The summed E-state index contributed by atoms with van der Waals surface area (Å²) in [6.07, 6.45) is 3.40. The predicted molar refractivity (Wildman–Crippen MR) is 77.3 cm³/mol. The number of primary amides is 1. The molecule has 112 valence electrons. The smallest absolute Gasteiger partial charge is 0.318 e. The Morgan fingerprint density at radius 2 is 1.95 bits per heavy atom. The van der Waals surface area contributed by atoms with E-state index >= 15 is 0 Å². The van der Waals surface area contributed by atoms with Crippen molar-refractivity contribution in [1.82, 2.24) is 15.5 Å². The van der Waals surface area contributed by atoms with Crippen LogP contribution in [0.15, 0.2) is 0 Å². The Kier molecular flexibility index (Phi) is 8.71. The molecule has 0 aromatic rings. The molecule has 0 aliphatic carbocycles. The number of piperidine rings is 1. The lowest BCUT2D eigenvalue weighted by Gasteiger charge is -2.35. The SMILES string of the molecule is CNCCC1CCN(C(C)C(=O)NC(N)=O)CC1.Cl. The van der Waals surface area contributed by atoms with Crippen LogP contribution < -0.4 is 16.4 Å². The second kappa shape index (κ2) is 9.12. The van der Waals surface area contributed by atoms with Crippen molar-refractivity contribution in [2.75, 3.05) is 26.7 Å². The van der Waals surface area contributed by atoms with Gasteiger partial charge in [-0.05, 0) is 58.8 Å². The molecule has 3 amide bonds. The largest absolute Gasteiger partial charge is 0.351 e. The van der Waals surface area contributed by atoms with Crippen LogP contribution in [0.25, 0.3) is 0 Å². The zero-order chi connectivity index (χ0) is 13.5. The molecule has 1 rings (SSSR count). The lowest BCUT2D eigenvalue weighted by Crippen LogP contribution is -2.50. The van der Waals surface area contributed by atoms with Crippen molar-refractivity contribution < 1.29 is 9.59 Å². The van der Waals surface area contributed by atoms with E-state index in [1.807, 2.05) is 14.0 Å². The van der Waals surface area contributed by atoms with E-state index in [1.54, 1.807) is 0 Å². The number of amides is 3. The van der Waals surface area contributed by atoms with Crippen LogP contribution in [0.2, 0.25) is 0 Å². The summed E-state index contributed by atoms with van der Waals surface area (Å²) in [4.78, 5) is 24.4. The van der Waals surface area contributed by atoms with Crippen LogP contribution in [-0.2, 0) is 4.79 Å². The van der Waals surface area contributed by atoms with Crippen LogP contribution in [0.4, 0.5) is 4.79 Å². The fourth-order valence-corrected chi connectivity index (χ4v) is 2.37. The average molecular weight is 293 g/mol. The summed E-state index contributed by atoms with van der Waals surface area (Å²) in [6, 6.07) is -1.07. The molecule has 1 unspecified atom stereocenters. The van der Waals surface area contributed by atoms with E-state index in [-0.39, 0.29) is 24.4 Å². The molecule has 0 spiro atoms. The molecule has 7 heteroatoms. The first-order valence-electron chi connectivity index (χ1n) is 6.53. The van der Waals surface area contributed by atoms with Gasteiger partial charge in [0.1, 0.15) is 0 Å². The summed E-state index contributed by atoms with van der Waals surface area (Å²) in [5, 5.41) is 5.29. The standard InChI is InChI=1S/C12H24N4O2.ClH/c1-9(11(17)15-12(13)18)16-7-4-10(5-8-16)3-6-14-2;/h9-10,14H,3-8H2,1-2H3,(H3,13,15,17,18);1H. The Bertz CT molecular complexity index is 293. The number of carbonyl (C=O) groups excluding carboxylic acids is 2. The van der Waals surface area contributed by atoms with Crippen LogP contribution in [0, 0.1) is 5.92 Å². The quantitative estimate of drug-likeness (QED) is 0.681. The van der Waals surface area contributed by atoms with Gasteiger partial charge in [0.15, 0.2) is 0 Å². The second-order valence-corrected chi connectivity index (χ2v) is 4.90. The summed E-state index contributed by atoms with van der Waals surface area (Å²) in [6.45, 7) is 4.66. The van der Waals surface area contributed by atoms with E-state index in [0.29, 0.717) is 0 Å². The Hall–Kier alpha value is -0.850. The number of likely N-dealkylation sites (tertiary alicyclic amines) is 1. The molecule has 6 nitrogen and oxygen atoms in total. The van der Waals surface area contributed by atoms with Gasteiger partial charge in [0.2, 0.25) is 5.91 Å². The fourth-order valence-electron chi connectivity index (χ4n) is 2.37. The van der Waals surface area contributed by atoms with Crippen molar-refractivity contribution in [2.45, 2.75) is 32.2 Å². The summed E-state index contributed by atoms with van der Waals surface area (Å²) < 4.78 is 0. The van der Waals surface area contributed by atoms with Crippen LogP contribution >= 0.6 is 12.4 Å². The number of urea groups is 1. The summed E-state index contributed by atoms with van der Waals surface area (Å²) in [5.74, 6) is 0.427. The normalized spacial score (nSPS) is 18.4. The molecule has 19 heavy (non-hydrogen) atoms. The van der Waals surface area contributed by atoms with E-state index in [1.165, 1.54) is 6.42 Å². The van der Waals surface area contributed by atoms with Crippen molar-refractivity contribution in [3.8, 4) is 0 Å². The number of nitrogens with zero attached hydrogens (tertiary/aromatic N) is 1. The molecule has 1 aliphatic heterocycles. The van der Waals surface area contributed by atoms with Gasteiger partial charge in [-0.25, -0.2) is 4.79 Å². The lowest BCUT2D eigenvalue weighted by molar-refractivity contribution is -0.125. The number of nitrogens with one attached hydrogen (secondary N) is 2. The second-order valence-electron chi connectivity index (χ2n) is 4.90. The van der Waals surface area contributed by atoms with E-state index < -0.39 is 6.03 Å². The first kappa shape index (κ1) is 18.1. The highest BCUT2D eigenvalue weighted by atomic mass is 35.5. The highest BCUT2D eigenvalue weighted by Crippen LogP contribution is 2.21. The number of nitrogens with two attached hydrogens (primary N) is 1. The minimum absolute atomic E-state index is 0. The van der Waals surface area contributed by atoms with Crippen molar-refractivity contribution >= 4 is 24.3 Å². The van der Waals surface area contributed by atoms with Gasteiger partial charge in [0.25, 0.3) is 0 Å². The third-order valence-corrected chi connectivity index (χ3v) is 3.63. The predicted octanol–water partition coefficient (Wildman–Crippen LogP) is 0.313. The molecule has 0 aromatic heterocycles. The minimum atomic E-state index is -0.782. The van der Waals surface area contributed by atoms with E-state index in [2.05, 4.69) is 15.5 Å². The maximum atomic E-state index is 11.6. The Morgan fingerprint density at radius 1 is 1.37 bits per heavy atom. The number of carbonyl (C=O) groups is 2. The Labute approximate surface area is 120 Å².